The van der Waals surface area contributed by atoms with Gasteiger partial charge in [0.05, 0.1) is 17.8 Å². The minimum atomic E-state index is -0.266. The molecule has 3 aliphatic heterocycles. The van der Waals surface area contributed by atoms with Gasteiger partial charge in [-0.3, -0.25) is 15.0 Å². The molecule has 2 aromatic rings. The van der Waals surface area contributed by atoms with Gasteiger partial charge in [0.1, 0.15) is 11.5 Å². The molecule has 0 saturated carbocycles. The van der Waals surface area contributed by atoms with Gasteiger partial charge in [-0.25, -0.2) is 14.8 Å². The maximum Gasteiger partial charge on any atom is 0.329 e. The summed E-state index contributed by atoms with van der Waals surface area (Å²) in [6, 6.07) is 8.85. The smallest absolute Gasteiger partial charge is 0.329 e. The molecule has 0 aliphatic carbocycles. The zero-order valence-electron chi connectivity index (χ0n) is 16.8. The van der Waals surface area contributed by atoms with Gasteiger partial charge in [0.15, 0.2) is 11.6 Å². The SMILES string of the molecule is O=C(CC[C@H]1CCCO1)c1ccc2c(n1)N(C(=O)Nc1ccccn1)[C@H]1CCN2C1. The van der Waals surface area contributed by atoms with Gasteiger partial charge in [0, 0.05) is 32.3 Å². The number of hydrogen-bond acceptors (Lipinski definition) is 6. The Morgan fingerprint density at radius 3 is 2.93 bits per heavy atom. The number of pyridine rings is 2. The lowest BCUT2D eigenvalue weighted by Crippen LogP contribution is -2.48. The van der Waals surface area contributed by atoms with Crippen molar-refractivity contribution < 1.29 is 14.3 Å². The van der Waals surface area contributed by atoms with Crippen LogP contribution in [0.25, 0.3) is 0 Å². The molecule has 2 aromatic heterocycles. The molecule has 8 heteroatoms. The van der Waals surface area contributed by atoms with Gasteiger partial charge in [-0.05, 0) is 49.9 Å². The minimum Gasteiger partial charge on any atom is -0.378 e. The van der Waals surface area contributed by atoms with Crippen LogP contribution in [0, 0.1) is 0 Å². The summed E-state index contributed by atoms with van der Waals surface area (Å²) in [5, 5.41) is 2.86. The van der Waals surface area contributed by atoms with Gasteiger partial charge in [0.2, 0.25) is 0 Å². The van der Waals surface area contributed by atoms with Gasteiger partial charge in [0.25, 0.3) is 0 Å². The zero-order chi connectivity index (χ0) is 20.5. The van der Waals surface area contributed by atoms with Crippen LogP contribution in [0.1, 0.15) is 42.6 Å². The number of carbonyl (C=O) groups is 2. The summed E-state index contributed by atoms with van der Waals surface area (Å²) in [6.45, 7) is 2.43. The predicted molar refractivity (Wildman–Crippen MR) is 113 cm³/mol. The topological polar surface area (TPSA) is 87.7 Å². The van der Waals surface area contributed by atoms with E-state index in [0.29, 0.717) is 23.8 Å². The number of rotatable bonds is 5. The molecule has 0 aromatic carbocycles. The summed E-state index contributed by atoms with van der Waals surface area (Å²) in [6.07, 6.45) is 5.89. The Balaban J connectivity index is 1.38. The van der Waals surface area contributed by atoms with E-state index < -0.39 is 0 Å². The molecule has 2 bridgehead atoms. The van der Waals surface area contributed by atoms with Crippen molar-refractivity contribution in [1.82, 2.24) is 9.97 Å². The third-order valence-electron chi connectivity index (χ3n) is 6.07. The van der Waals surface area contributed by atoms with Crippen molar-refractivity contribution in [1.29, 1.82) is 0 Å². The fourth-order valence-electron chi connectivity index (χ4n) is 4.53. The Morgan fingerprint density at radius 1 is 1.20 bits per heavy atom. The van der Waals surface area contributed by atoms with E-state index in [1.165, 1.54) is 0 Å². The highest BCUT2D eigenvalue weighted by atomic mass is 16.5. The van der Waals surface area contributed by atoms with Gasteiger partial charge in [-0.15, -0.1) is 0 Å². The maximum absolute atomic E-state index is 13.1. The van der Waals surface area contributed by atoms with Crippen molar-refractivity contribution in [2.45, 2.75) is 44.2 Å². The first-order chi connectivity index (χ1) is 14.7. The number of ketones is 1. The van der Waals surface area contributed by atoms with Crippen molar-refractivity contribution in [2.75, 3.05) is 34.8 Å². The van der Waals surface area contributed by atoms with Gasteiger partial charge in [-0.1, -0.05) is 6.07 Å². The highest BCUT2D eigenvalue weighted by molar-refractivity contribution is 6.05. The predicted octanol–water partition coefficient (Wildman–Crippen LogP) is 3.25. The van der Waals surface area contributed by atoms with Crippen LogP contribution in [0.2, 0.25) is 0 Å². The molecule has 2 saturated heterocycles. The van der Waals surface area contributed by atoms with Crippen molar-refractivity contribution in [2.24, 2.45) is 0 Å². The molecule has 1 N–H and O–H groups in total. The number of nitrogens with zero attached hydrogens (tertiary/aromatic N) is 4. The van der Waals surface area contributed by atoms with Crippen LogP contribution in [-0.4, -0.2) is 53.6 Å². The van der Waals surface area contributed by atoms with Crippen LogP contribution in [0.3, 0.4) is 0 Å². The van der Waals surface area contributed by atoms with E-state index in [-0.39, 0.29) is 24.0 Å². The third-order valence-corrected chi connectivity index (χ3v) is 6.07. The maximum atomic E-state index is 13.1. The fraction of sp³-hybridized carbons (Fsp3) is 0.455. The lowest BCUT2D eigenvalue weighted by Gasteiger charge is -2.35. The largest absolute Gasteiger partial charge is 0.378 e. The van der Waals surface area contributed by atoms with Crippen LogP contribution in [-0.2, 0) is 4.74 Å². The molecule has 2 fully saturated rings. The van der Waals surface area contributed by atoms with Crippen molar-refractivity contribution >= 4 is 29.1 Å². The molecule has 0 radical (unpaired) electrons. The van der Waals surface area contributed by atoms with E-state index in [9.17, 15) is 9.59 Å². The third kappa shape index (κ3) is 3.63. The van der Waals surface area contributed by atoms with Crippen molar-refractivity contribution in [3.05, 3.63) is 42.2 Å². The minimum absolute atomic E-state index is 0.00805. The number of urea groups is 1. The molecule has 8 nitrogen and oxygen atoms in total. The van der Waals surface area contributed by atoms with E-state index in [4.69, 9.17) is 4.74 Å². The summed E-state index contributed by atoms with van der Waals surface area (Å²) in [5.41, 5.74) is 1.31. The average Bonchev–Trinajstić information content (AvgIpc) is 3.43. The number of hydrogen-bond donors (Lipinski definition) is 1. The molecule has 3 aliphatic rings. The lowest BCUT2D eigenvalue weighted by molar-refractivity contribution is 0.0856. The number of fused-ring (bicyclic) bond motifs is 4. The zero-order valence-corrected chi connectivity index (χ0v) is 16.8. The molecule has 0 unspecified atom stereocenters. The first-order valence-corrected chi connectivity index (χ1v) is 10.6. The first-order valence-electron chi connectivity index (χ1n) is 10.6. The molecule has 2 amide bonds. The molecule has 30 heavy (non-hydrogen) atoms. The standard InChI is InChI=1S/C22H25N5O3/c28-19(9-6-16-4-3-13-30-16)17-7-8-18-21(24-17)27(15-10-12-26(18)14-15)22(29)25-20-5-1-2-11-23-20/h1-2,5,7-8,11,15-16H,3-4,6,9-10,12-14H2,(H,23,25,29)/t15-,16+/m0/s1. The number of anilines is 3. The summed E-state index contributed by atoms with van der Waals surface area (Å²) < 4.78 is 5.62. The fourth-order valence-corrected chi connectivity index (χ4v) is 4.53. The Kier molecular flexibility index (Phi) is 5.08. The molecular formula is C22H25N5O3. The van der Waals surface area contributed by atoms with Crippen LogP contribution < -0.4 is 15.1 Å². The van der Waals surface area contributed by atoms with Gasteiger partial charge in [-0.2, -0.15) is 0 Å². The van der Waals surface area contributed by atoms with Crippen molar-refractivity contribution in [3.63, 3.8) is 0 Å². The summed E-state index contributed by atoms with van der Waals surface area (Å²) in [4.78, 5) is 38.7. The number of nitrogens with one attached hydrogen (secondary N) is 1. The van der Waals surface area contributed by atoms with E-state index in [0.717, 1.165) is 51.1 Å². The molecular weight excluding hydrogens is 382 g/mol. The second-order valence-corrected chi connectivity index (χ2v) is 8.04. The number of Topliss-reactive ketones (excluding diaryl/α,β-unsaturated/α-hetero) is 1. The van der Waals surface area contributed by atoms with Crippen LogP contribution in [0.5, 0.6) is 0 Å². The number of ether oxygens (including phenoxy) is 1. The summed E-state index contributed by atoms with van der Waals surface area (Å²) >= 11 is 0. The molecule has 156 valence electrons. The normalized spacial score (nSPS) is 22.1. The Morgan fingerprint density at radius 2 is 2.13 bits per heavy atom. The lowest BCUT2D eigenvalue weighted by atomic mass is 10.1. The first kappa shape index (κ1) is 19.0. The molecule has 0 spiro atoms. The quantitative estimate of drug-likeness (QED) is 0.766. The number of aromatic nitrogens is 2. The average molecular weight is 407 g/mol. The Bertz CT molecular complexity index is 945. The summed E-state index contributed by atoms with van der Waals surface area (Å²) in [7, 11) is 0. The monoisotopic (exact) mass is 407 g/mol. The number of carbonyl (C=O) groups excluding carboxylic acids is 2. The Labute approximate surface area is 175 Å². The van der Waals surface area contributed by atoms with E-state index in [1.54, 1.807) is 29.3 Å². The van der Waals surface area contributed by atoms with Gasteiger partial charge >= 0.3 is 6.03 Å². The van der Waals surface area contributed by atoms with E-state index in [2.05, 4.69) is 20.2 Å². The van der Waals surface area contributed by atoms with Crippen LogP contribution in [0.15, 0.2) is 36.5 Å². The molecule has 5 heterocycles. The van der Waals surface area contributed by atoms with E-state index >= 15 is 0 Å². The van der Waals surface area contributed by atoms with Crippen LogP contribution in [0.4, 0.5) is 22.1 Å². The number of amides is 2. The molecule has 2 atom stereocenters. The second kappa shape index (κ2) is 8.02. The molecule has 5 rings (SSSR count). The van der Waals surface area contributed by atoms with E-state index in [1.807, 2.05) is 12.1 Å². The summed E-state index contributed by atoms with van der Waals surface area (Å²) in [5.74, 6) is 1.04. The second-order valence-electron chi connectivity index (χ2n) is 8.04. The highest BCUT2D eigenvalue weighted by Crippen LogP contribution is 2.39. The highest BCUT2D eigenvalue weighted by Gasteiger charge is 2.40. The van der Waals surface area contributed by atoms with Crippen LogP contribution >= 0.6 is 0 Å². The van der Waals surface area contributed by atoms with Gasteiger partial charge < -0.3 is 9.64 Å². The Hall–Kier alpha value is -3.00. The van der Waals surface area contributed by atoms with Crippen molar-refractivity contribution in [3.8, 4) is 0 Å².